The lowest BCUT2D eigenvalue weighted by Crippen LogP contribution is -2.01. The second-order valence-electron chi connectivity index (χ2n) is 3.14. The molecular formula is C12H18O2. The fourth-order valence-corrected chi connectivity index (χ4v) is 0.713. The van der Waals surface area contributed by atoms with Crippen molar-refractivity contribution in [3.05, 3.63) is 48.8 Å². The third kappa shape index (κ3) is 4.10. The molecule has 0 saturated heterocycles. The van der Waals surface area contributed by atoms with Crippen LogP contribution in [0.15, 0.2) is 48.8 Å². The highest BCUT2D eigenvalue weighted by Crippen LogP contribution is 2.12. The van der Waals surface area contributed by atoms with E-state index in [-0.39, 0.29) is 12.5 Å². The van der Waals surface area contributed by atoms with Crippen molar-refractivity contribution < 1.29 is 9.84 Å². The van der Waals surface area contributed by atoms with E-state index in [1.54, 1.807) is 13.2 Å². The first-order chi connectivity index (χ1) is 6.52. The molecule has 0 rings (SSSR count). The van der Waals surface area contributed by atoms with E-state index in [0.29, 0.717) is 11.3 Å². The summed E-state index contributed by atoms with van der Waals surface area (Å²) in [5.74, 6) is 0.598. The molecule has 0 aromatic heterocycles. The van der Waals surface area contributed by atoms with Gasteiger partial charge in [-0.05, 0) is 0 Å². The number of aliphatic hydroxyl groups excluding tert-OH is 1. The van der Waals surface area contributed by atoms with Crippen molar-refractivity contribution in [3.63, 3.8) is 0 Å². The topological polar surface area (TPSA) is 29.5 Å². The van der Waals surface area contributed by atoms with Gasteiger partial charge < -0.3 is 9.84 Å². The number of ether oxygens (including phenoxy) is 1. The number of hydrogen-bond acceptors (Lipinski definition) is 2. The van der Waals surface area contributed by atoms with Crippen LogP contribution in [-0.4, -0.2) is 18.8 Å². The van der Waals surface area contributed by atoms with Crippen molar-refractivity contribution in [2.45, 2.75) is 6.92 Å². The highest BCUT2D eigenvalue weighted by molar-refractivity contribution is 5.35. The van der Waals surface area contributed by atoms with E-state index >= 15 is 0 Å². The van der Waals surface area contributed by atoms with Crippen LogP contribution in [0.1, 0.15) is 6.92 Å². The lowest BCUT2D eigenvalue weighted by Gasteiger charge is -2.07. The molecule has 0 amide bonds. The molecule has 0 fully saturated rings. The summed E-state index contributed by atoms with van der Waals surface area (Å²) >= 11 is 0. The summed E-state index contributed by atoms with van der Waals surface area (Å²) in [4.78, 5) is 0. The van der Waals surface area contributed by atoms with Gasteiger partial charge in [0.15, 0.2) is 0 Å². The number of rotatable bonds is 6. The number of hydrogen-bond donors (Lipinski definition) is 1. The third-order valence-electron chi connectivity index (χ3n) is 2.01. The van der Waals surface area contributed by atoms with Crippen LogP contribution in [0.5, 0.6) is 0 Å². The molecule has 0 aliphatic heterocycles. The highest BCUT2D eigenvalue weighted by Gasteiger charge is 2.01. The van der Waals surface area contributed by atoms with Gasteiger partial charge in [-0.3, -0.25) is 0 Å². The van der Waals surface area contributed by atoms with Gasteiger partial charge in [0.2, 0.25) is 0 Å². The molecule has 0 aromatic rings. The molecule has 0 spiro atoms. The second-order valence-corrected chi connectivity index (χ2v) is 3.14. The Bertz CT molecular complexity index is 261. The summed E-state index contributed by atoms with van der Waals surface area (Å²) in [7, 11) is 1.55. The monoisotopic (exact) mass is 194 g/mol. The molecule has 0 heterocycles. The van der Waals surface area contributed by atoms with Gasteiger partial charge in [0, 0.05) is 18.1 Å². The lowest BCUT2D eigenvalue weighted by molar-refractivity contribution is 0.258. The van der Waals surface area contributed by atoms with Crippen LogP contribution in [0, 0.1) is 5.92 Å². The molecule has 0 aromatic carbocycles. The van der Waals surface area contributed by atoms with Gasteiger partial charge >= 0.3 is 0 Å². The molecule has 0 radical (unpaired) electrons. The maximum atomic E-state index is 8.87. The zero-order valence-corrected chi connectivity index (χ0v) is 8.92. The van der Waals surface area contributed by atoms with Crippen LogP contribution in [0.3, 0.4) is 0 Å². The smallest absolute Gasteiger partial charge is 0.118 e. The Morgan fingerprint density at radius 1 is 1.36 bits per heavy atom. The maximum Gasteiger partial charge on any atom is 0.118 e. The fraction of sp³-hybridized carbons (Fsp3) is 0.333. The van der Waals surface area contributed by atoms with Crippen molar-refractivity contribution in [1.29, 1.82) is 0 Å². The lowest BCUT2D eigenvalue weighted by atomic mass is 10.0. The molecule has 2 heteroatoms. The number of aliphatic hydroxyl groups is 1. The zero-order valence-electron chi connectivity index (χ0n) is 8.92. The molecule has 14 heavy (non-hydrogen) atoms. The number of methoxy groups -OCH3 is 1. The van der Waals surface area contributed by atoms with Gasteiger partial charge in [0.05, 0.1) is 7.11 Å². The van der Waals surface area contributed by atoms with E-state index in [4.69, 9.17) is 9.84 Å². The molecule has 1 atom stereocenters. The first-order valence-corrected chi connectivity index (χ1v) is 4.42. The summed E-state index contributed by atoms with van der Waals surface area (Å²) in [6.07, 6.45) is 3.59. The molecule has 1 N–H and O–H groups in total. The van der Waals surface area contributed by atoms with E-state index in [1.165, 1.54) is 0 Å². The number of allylic oxidation sites excluding steroid dienone is 2. The van der Waals surface area contributed by atoms with Crippen molar-refractivity contribution in [3.8, 4) is 0 Å². The molecule has 0 aliphatic rings. The summed E-state index contributed by atoms with van der Waals surface area (Å²) in [6, 6.07) is 0. The SMILES string of the molecule is C=C(/C=C\C(=C)[C@H](C)CO)C(=C)OC. The Morgan fingerprint density at radius 3 is 2.36 bits per heavy atom. The van der Waals surface area contributed by atoms with E-state index in [0.717, 1.165) is 5.57 Å². The van der Waals surface area contributed by atoms with Crippen molar-refractivity contribution >= 4 is 0 Å². The fourth-order valence-electron chi connectivity index (χ4n) is 0.713. The normalized spacial score (nSPS) is 12.5. The third-order valence-corrected chi connectivity index (χ3v) is 2.01. The molecule has 78 valence electrons. The molecule has 0 bridgehead atoms. The summed E-state index contributed by atoms with van der Waals surface area (Å²) in [6.45, 7) is 13.3. The average Bonchev–Trinajstić information content (AvgIpc) is 2.22. The largest absolute Gasteiger partial charge is 0.497 e. The molecule has 0 aliphatic carbocycles. The van der Waals surface area contributed by atoms with Crippen LogP contribution >= 0.6 is 0 Å². The van der Waals surface area contributed by atoms with Gasteiger partial charge in [-0.15, -0.1) is 0 Å². The van der Waals surface area contributed by atoms with Gasteiger partial charge in [-0.1, -0.05) is 44.4 Å². The maximum absolute atomic E-state index is 8.87. The molecular weight excluding hydrogens is 176 g/mol. The van der Waals surface area contributed by atoms with Gasteiger partial charge in [-0.2, -0.15) is 0 Å². The Morgan fingerprint density at radius 2 is 1.93 bits per heavy atom. The van der Waals surface area contributed by atoms with Crippen molar-refractivity contribution in [2.24, 2.45) is 5.92 Å². The average molecular weight is 194 g/mol. The molecule has 0 unspecified atom stereocenters. The highest BCUT2D eigenvalue weighted by atomic mass is 16.5. The standard InChI is InChI=1S/C12H18O2/c1-9(11(3)8-13)6-7-10(2)12(4)14-5/h6-7,11,13H,1-2,4,8H2,3,5H3/b7-6-/t11-/m1/s1. The predicted molar refractivity (Wildman–Crippen MR) is 59.8 cm³/mol. The second kappa shape index (κ2) is 6.22. The minimum atomic E-state index is 0.0647. The van der Waals surface area contributed by atoms with Crippen LogP contribution in [0.4, 0.5) is 0 Å². The minimum Gasteiger partial charge on any atom is -0.497 e. The van der Waals surface area contributed by atoms with Crippen LogP contribution in [-0.2, 0) is 4.74 Å². The molecule has 2 nitrogen and oxygen atoms in total. The predicted octanol–water partition coefficient (Wildman–Crippen LogP) is 2.44. The minimum absolute atomic E-state index is 0.0647. The molecule has 0 saturated carbocycles. The van der Waals surface area contributed by atoms with E-state index in [2.05, 4.69) is 19.7 Å². The zero-order chi connectivity index (χ0) is 11.1. The van der Waals surface area contributed by atoms with Crippen molar-refractivity contribution in [1.82, 2.24) is 0 Å². The van der Waals surface area contributed by atoms with Gasteiger partial charge in [0.1, 0.15) is 5.76 Å². The van der Waals surface area contributed by atoms with Crippen LogP contribution in [0.25, 0.3) is 0 Å². The van der Waals surface area contributed by atoms with Crippen molar-refractivity contribution in [2.75, 3.05) is 13.7 Å². The van der Waals surface area contributed by atoms with E-state index in [1.807, 2.05) is 13.0 Å². The summed E-state index contributed by atoms with van der Waals surface area (Å²) < 4.78 is 4.91. The summed E-state index contributed by atoms with van der Waals surface area (Å²) in [5, 5.41) is 8.87. The Labute approximate surface area is 85.9 Å². The summed E-state index contributed by atoms with van der Waals surface area (Å²) in [5.41, 5.74) is 1.57. The van der Waals surface area contributed by atoms with Crippen LogP contribution in [0.2, 0.25) is 0 Å². The Kier molecular flexibility index (Phi) is 5.65. The van der Waals surface area contributed by atoms with Gasteiger partial charge in [0.25, 0.3) is 0 Å². The Hall–Kier alpha value is -1.28. The first kappa shape index (κ1) is 12.7. The first-order valence-electron chi connectivity index (χ1n) is 4.42. The van der Waals surface area contributed by atoms with Crippen LogP contribution < -0.4 is 0 Å². The van der Waals surface area contributed by atoms with E-state index < -0.39 is 0 Å². The van der Waals surface area contributed by atoms with E-state index in [9.17, 15) is 0 Å². The Balaban J connectivity index is 4.24. The van der Waals surface area contributed by atoms with Gasteiger partial charge in [-0.25, -0.2) is 0 Å². The quantitative estimate of drug-likeness (QED) is 0.520.